The first-order chi connectivity index (χ1) is 12.7. The van der Waals surface area contributed by atoms with Crippen LogP contribution in [-0.4, -0.2) is 43.0 Å². The maximum absolute atomic E-state index is 14.3. The number of carbonyl (C=O) groups excluding carboxylic acids is 2. The predicted molar refractivity (Wildman–Crippen MR) is 95.0 cm³/mol. The Morgan fingerprint density at radius 1 is 0.885 bits per heavy atom. The van der Waals surface area contributed by atoms with Gasteiger partial charge in [0.2, 0.25) is 0 Å². The summed E-state index contributed by atoms with van der Waals surface area (Å²) in [5.74, 6) is -1.65. The lowest BCUT2D eigenvalue weighted by molar-refractivity contribution is -0.113. The fourth-order valence-corrected chi connectivity index (χ4v) is 3.22. The number of anilines is 1. The van der Waals surface area contributed by atoms with Crippen LogP contribution < -0.4 is 4.90 Å². The zero-order valence-electron chi connectivity index (χ0n) is 14.0. The molecular weight excluding hydrogens is 335 g/mol. The number of halogens is 1. The SMILES string of the molecule is O=C1/C(=C\N2CCOCC2)c2ccccc2C(=O)N1c1ccccc1F. The number of hydrogen-bond acceptors (Lipinski definition) is 4. The molecule has 2 heterocycles. The van der Waals surface area contributed by atoms with E-state index in [1.54, 1.807) is 36.5 Å². The van der Waals surface area contributed by atoms with Crippen LogP contribution in [0.1, 0.15) is 15.9 Å². The molecule has 1 saturated heterocycles. The molecular formula is C20H17FN2O3. The maximum atomic E-state index is 14.3. The normalized spacial score (nSPS) is 19.0. The average molecular weight is 352 g/mol. The number of carbonyl (C=O) groups is 2. The molecule has 2 aliphatic rings. The zero-order valence-corrected chi connectivity index (χ0v) is 14.0. The number of ether oxygens (including phenoxy) is 1. The van der Waals surface area contributed by atoms with Gasteiger partial charge in [0.25, 0.3) is 11.8 Å². The number of para-hydroxylation sites is 1. The van der Waals surface area contributed by atoms with Gasteiger partial charge in [-0.25, -0.2) is 9.29 Å². The lowest BCUT2D eigenvalue weighted by Crippen LogP contribution is -2.43. The van der Waals surface area contributed by atoms with Crippen molar-refractivity contribution in [2.45, 2.75) is 0 Å². The Morgan fingerprint density at radius 2 is 1.54 bits per heavy atom. The first-order valence-electron chi connectivity index (χ1n) is 8.43. The van der Waals surface area contributed by atoms with E-state index in [-0.39, 0.29) is 5.69 Å². The van der Waals surface area contributed by atoms with Gasteiger partial charge >= 0.3 is 0 Å². The smallest absolute Gasteiger partial charge is 0.267 e. The van der Waals surface area contributed by atoms with E-state index in [0.29, 0.717) is 43.0 Å². The molecule has 1 fully saturated rings. The van der Waals surface area contributed by atoms with Crippen LogP contribution in [0.2, 0.25) is 0 Å². The Morgan fingerprint density at radius 3 is 2.27 bits per heavy atom. The molecule has 0 saturated carbocycles. The lowest BCUT2D eigenvalue weighted by Gasteiger charge is -2.31. The van der Waals surface area contributed by atoms with Crippen LogP contribution in [0.3, 0.4) is 0 Å². The standard InChI is InChI=1S/C20H17FN2O3/c21-17-7-3-4-8-18(17)23-19(24)15-6-2-1-5-14(15)16(20(23)25)13-22-9-11-26-12-10-22/h1-8,13H,9-12H2/b16-13-. The monoisotopic (exact) mass is 352 g/mol. The zero-order chi connectivity index (χ0) is 18.1. The molecule has 5 nitrogen and oxygen atoms in total. The Hall–Kier alpha value is -2.99. The van der Waals surface area contributed by atoms with E-state index in [4.69, 9.17) is 4.74 Å². The van der Waals surface area contributed by atoms with Crippen LogP contribution in [-0.2, 0) is 9.53 Å². The largest absolute Gasteiger partial charge is 0.378 e. The highest BCUT2D eigenvalue weighted by molar-refractivity contribution is 6.41. The minimum absolute atomic E-state index is 0.0371. The predicted octanol–water partition coefficient (Wildman–Crippen LogP) is 2.69. The first-order valence-corrected chi connectivity index (χ1v) is 8.43. The van der Waals surface area contributed by atoms with Crippen molar-refractivity contribution in [1.29, 1.82) is 0 Å². The van der Waals surface area contributed by atoms with Gasteiger partial charge < -0.3 is 9.64 Å². The molecule has 26 heavy (non-hydrogen) atoms. The van der Waals surface area contributed by atoms with Crippen LogP contribution in [0.4, 0.5) is 10.1 Å². The van der Waals surface area contributed by atoms with Crippen molar-refractivity contribution in [2.24, 2.45) is 0 Å². The summed E-state index contributed by atoms with van der Waals surface area (Å²) >= 11 is 0. The Bertz CT molecular complexity index is 903. The Balaban J connectivity index is 1.84. The highest BCUT2D eigenvalue weighted by Gasteiger charge is 2.37. The number of fused-ring (bicyclic) bond motifs is 1. The fourth-order valence-electron chi connectivity index (χ4n) is 3.22. The van der Waals surface area contributed by atoms with E-state index in [0.717, 1.165) is 4.90 Å². The van der Waals surface area contributed by atoms with E-state index < -0.39 is 17.6 Å². The summed E-state index contributed by atoms with van der Waals surface area (Å²) in [4.78, 5) is 28.9. The molecule has 2 amide bonds. The van der Waals surface area contributed by atoms with Gasteiger partial charge in [-0.05, 0) is 18.2 Å². The molecule has 0 spiro atoms. The minimum atomic E-state index is -0.612. The molecule has 0 aliphatic carbocycles. The number of benzene rings is 2. The van der Waals surface area contributed by atoms with Crippen molar-refractivity contribution in [3.8, 4) is 0 Å². The van der Waals surface area contributed by atoms with E-state index >= 15 is 0 Å². The van der Waals surface area contributed by atoms with Crippen molar-refractivity contribution >= 4 is 23.1 Å². The molecule has 0 unspecified atom stereocenters. The quantitative estimate of drug-likeness (QED) is 0.616. The third-order valence-corrected chi connectivity index (χ3v) is 4.53. The van der Waals surface area contributed by atoms with Gasteiger partial charge in [-0.1, -0.05) is 30.3 Å². The van der Waals surface area contributed by atoms with Crippen LogP contribution in [0, 0.1) is 5.82 Å². The molecule has 132 valence electrons. The third-order valence-electron chi connectivity index (χ3n) is 4.53. The molecule has 2 aromatic rings. The summed E-state index contributed by atoms with van der Waals surface area (Å²) in [6, 6.07) is 12.7. The molecule has 0 N–H and O–H groups in total. The second-order valence-corrected chi connectivity index (χ2v) is 6.13. The van der Waals surface area contributed by atoms with Gasteiger partial charge in [0.05, 0.1) is 24.5 Å². The molecule has 2 aromatic carbocycles. The highest BCUT2D eigenvalue weighted by atomic mass is 19.1. The summed E-state index contributed by atoms with van der Waals surface area (Å²) in [5.41, 5.74) is 1.30. The van der Waals surface area contributed by atoms with Crippen LogP contribution in [0.25, 0.3) is 5.57 Å². The highest BCUT2D eigenvalue weighted by Crippen LogP contribution is 2.33. The Labute approximate surface area is 150 Å². The van der Waals surface area contributed by atoms with Crippen molar-refractivity contribution < 1.29 is 18.7 Å². The van der Waals surface area contributed by atoms with Crippen molar-refractivity contribution in [1.82, 2.24) is 4.90 Å². The summed E-state index contributed by atoms with van der Waals surface area (Å²) in [7, 11) is 0. The van der Waals surface area contributed by atoms with E-state index in [9.17, 15) is 14.0 Å². The number of hydrogen-bond donors (Lipinski definition) is 0. The van der Waals surface area contributed by atoms with Crippen molar-refractivity contribution in [2.75, 3.05) is 31.2 Å². The van der Waals surface area contributed by atoms with Crippen LogP contribution >= 0.6 is 0 Å². The van der Waals surface area contributed by atoms with E-state index in [1.165, 1.54) is 18.2 Å². The van der Waals surface area contributed by atoms with Gasteiger partial charge in [0, 0.05) is 30.4 Å². The van der Waals surface area contributed by atoms with Gasteiger partial charge in [-0.15, -0.1) is 0 Å². The topological polar surface area (TPSA) is 49.9 Å². The number of imide groups is 1. The van der Waals surface area contributed by atoms with Gasteiger partial charge in [-0.2, -0.15) is 0 Å². The van der Waals surface area contributed by atoms with Gasteiger partial charge in [-0.3, -0.25) is 9.59 Å². The van der Waals surface area contributed by atoms with Gasteiger partial charge in [0.15, 0.2) is 0 Å². The molecule has 0 atom stereocenters. The number of morpholine rings is 1. The molecule has 4 rings (SSSR count). The Kier molecular flexibility index (Phi) is 4.26. The molecule has 2 aliphatic heterocycles. The van der Waals surface area contributed by atoms with Crippen molar-refractivity contribution in [3.63, 3.8) is 0 Å². The minimum Gasteiger partial charge on any atom is -0.378 e. The van der Waals surface area contributed by atoms with Crippen molar-refractivity contribution in [3.05, 3.63) is 71.7 Å². The average Bonchev–Trinajstić information content (AvgIpc) is 2.67. The summed E-state index contributed by atoms with van der Waals surface area (Å²) in [6.45, 7) is 2.48. The fraction of sp³-hybridized carbons (Fsp3) is 0.200. The van der Waals surface area contributed by atoms with Crippen LogP contribution in [0.5, 0.6) is 0 Å². The summed E-state index contributed by atoms with van der Waals surface area (Å²) in [5, 5.41) is 0. The second-order valence-electron chi connectivity index (χ2n) is 6.13. The van der Waals surface area contributed by atoms with Gasteiger partial charge in [0.1, 0.15) is 5.82 Å². The molecule has 6 heteroatoms. The second kappa shape index (κ2) is 6.72. The number of nitrogens with zero attached hydrogens (tertiary/aromatic N) is 2. The van der Waals surface area contributed by atoms with E-state index in [1.807, 2.05) is 4.90 Å². The van der Waals surface area contributed by atoms with Crippen LogP contribution in [0.15, 0.2) is 54.7 Å². The molecule has 0 aromatic heterocycles. The maximum Gasteiger partial charge on any atom is 0.267 e. The first kappa shape index (κ1) is 16.5. The summed E-state index contributed by atoms with van der Waals surface area (Å²) in [6.07, 6.45) is 1.75. The third kappa shape index (κ3) is 2.78. The number of rotatable bonds is 2. The summed E-state index contributed by atoms with van der Waals surface area (Å²) < 4.78 is 19.6. The molecule has 0 bridgehead atoms. The lowest BCUT2D eigenvalue weighted by atomic mass is 9.93. The molecule has 0 radical (unpaired) electrons. The van der Waals surface area contributed by atoms with E-state index in [2.05, 4.69) is 0 Å². The number of amides is 2.